The molecule has 0 atom stereocenters. The van der Waals surface area contributed by atoms with E-state index in [0.29, 0.717) is 11.1 Å². The molecule has 4 aromatic carbocycles. The molecule has 0 saturated carbocycles. The smallest absolute Gasteiger partial charge is 0.151 e. The molecule has 0 radical (unpaired) electrons. The van der Waals surface area contributed by atoms with Gasteiger partial charge in [-0.05, 0) is 50.5 Å². The van der Waals surface area contributed by atoms with Crippen molar-refractivity contribution in [3.05, 3.63) is 71.8 Å². The first-order valence-corrected chi connectivity index (χ1v) is 7.10. The van der Waals surface area contributed by atoms with Crippen LogP contribution in [-0.4, -0.2) is 12.6 Å². The molecular formula is C20H12O2. The van der Waals surface area contributed by atoms with E-state index in [1.165, 1.54) is 0 Å². The average molecular weight is 284 g/mol. The normalized spacial score (nSPS) is 11.1. The third-order valence-corrected chi connectivity index (χ3v) is 4.18. The Labute approximate surface area is 127 Å². The van der Waals surface area contributed by atoms with Crippen molar-refractivity contribution in [3.8, 4) is 0 Å². The summed E-state index contributed by atoms with van der Waals surface area (Å²) in [5, 5.41) is 5.76. The summed E-state index contributed by atoms with van der Waals surface area (Å²) in [5.41, 5.74) is 1.32. The average Bonchev–Trinajstić information content (AvgIpc) is 2.57. The van der Waals surface area contributed by atoms with Gasteiger partial charge in [0.1, 0.15) is 0 Å². The largest absolute Gasteiger partial charge is 0.298 e. The van der Waals surface area contributed by atoms with Gasteiger partial charge >= 0.3 is 0 Å². The molecule has 104 valence electrons. The van der Waals surface area contributed by atoms with Gasteiger partial charge in [-0.25, -0.2) is 0 Å². The second-order valence-electron chi connectivity index (χ2n) is 5.39. The summed E-state index contributed by atoms with van der Waals surface area (Å²) in [5.74, 6) is 0. The van der Waals surface area contributed by atoms with Gasteiger partial charge in [-0.3, -0.25) is 9.59 Å². The molecule has 2 heteroatoms. The van der Waals surface area contributed by atoms with Crippen molar-refractivity contribution in [1.82, 2.24) is 0 Å². The van der Waals surface area contributed by atoms with Crippen molar-refractivity contribution in [2.45, 2.75) is 0 Å². The lowest BCUT2D eigenvalue weighted by atomic mass is 9.94. The zero-order valence-corrected chi connectivity index (χ0v) is 11.7. The predicted octanol–water partition coefficient (Wildman–Crippen LogP) is 4.77. The second-order valence-corrected chi connectivity index (χ2v) is 5.39. The molecule has 22 heavy (non-hydrogen) atoms. The summed E-state index contributed by atoms with van der Waals surface area (Å²) in [6.07, 6.45) is 1.76. The molecule has 0 aliphatic carbocycles. The van der Waals surface area contributed by atoms with Crippen LogP contribution in [0.5, 0.6) is 0 Å². The fourth-order valence-electron chi connectivity index (χ4n) is 3.13. The lowest BCUT2D eigenvalue weighted by molar-refractivity contribution is 0.111. The molecule has 0 spiro atoms. The number of carbonyl (C=O) groups is 2. The van der Waals surface area contributed by atoms with Crippen LogP contribution in [0.4, 0.5) is 0 Å². The molecule has 4 rings (SSSR count). The Morgan fingerprint density at radius 1 is 0.591 bits per heavy atom. The number of carbonyl (C=O) groups excluding carboxylic acids is 2. The Morgan fingerprint density at radius 2 is 1.32 bits per heavy atom. The minimum absolute atomic E-state index is 0.643. The minimum atomic E-state index is 0.643. The fourth-order valence-corrected chi connectivity index (χ4v) is 3.13. The van der Waals surface area contributed by atoms with Crippen molar-refractivity contribution in [1.29, 1.82) is 0 Å². The highest BCUT2D eigenvalue weighted by molar-refractivity contribution is 6.16. The lowest BCUT2D eigenvalue weighted by Gasteiger charge is -2.09. The molecular weight excluding hydrogens is 272 g/mol. The lowest BCUT2D eigenvalue weighted by Crippen LogP contribution is -1.90. The molecule has 0 N–H and O–H groups in total. The van der Waals surface area contributed by atoms with Crippen molar-refractivity contribution < 1.29 is 9.59 Å². The van der Waals surface area contributed by atoms with Crippen LogP contribution >= 0.6 is 0 Å². The first kappa shape index (κ1) is 12.7. The van der Waals surface area contributed by atoms with Gasteiger partial charge in [0.15, 0.2) is 12.6 Å². The van der Waals surface area contributed by atoms with Crippen LogP contribution in [0.1, 0.15) is 20.7 Å². The standard InChI is InChI=1S/C20H12O2/c21-11-15-6-3-5-14-9-16-8-13-4-1-2-7-17(13)20(12-22)19(16)10-18(14)15/h1-12H. The third kappa shape index (κ3) is 1.74. The molecule has 0 amide bonds. The number of fused-ring (bicyclic) bond motifs is 3. The quantitative estimate of drug-likeness (QED) is 0.392. The molecule has 0 aliphatic heterocycles. The maximum absolute atomic E-state index is 11.7. The summed E-state index contributed by atoms with van der Waals surface area (Å²) >= 11 is 0. The van der Waals surface area contributed by atoms with Crippen LogP contribution in [0.2, 0.25) is 0 Å². The number of benzene rings is 4. The summed E-state index contributed by atoms with van der Waals surface area (Å²) < 4.78 is 0. The number of aldehydes is 2. The molecule has 2 nitrogen and oxygen atoms in total. The highest BCUT2D eigenvalue weighted by atomic mass is 16.1. The van der Waals surface area contributed by atoms with Gasteiger partial charge in [-0.15, -0.1) is 0 Å². The minimum Gasteiger partial charge on any atom is -0.298 e. The van der Waals surface area contributed by atoms with E-state index >= 15 is 0 Å². The first-order chi connectivity index (χ1) is 10.8. The molecule has 0 aliphatic rings. The van der Waals surface area contributed by atoms with Crippen LogP contribution in [0.3, 0.4) is 0 Å². The van der Waals surface area contributed by atoms with E-state index in [1.54, 1.807) is 6.07 Å². The number of hydrogen-bond acceptors (Lipinski definition) is 2. The van der Waals surface area contributed by atoms with E-state index in [-0.39, 0.29) is 0 Å². The number of rotatable bonds is 2. The second kappa shape index (κ2) is 4.78. The zero-order valence-electron chi connectivity index (χ0n) is 11.7. The summed E-state index contributed by atoms with van der Waals surface area (Å²) in [4.78, 5) is 22.9. The van der Waals surface area contributed by atoms with E-state index < -0.39 is 0 Å². The highest BCUT2D eigenvalue weighted by Gasteiger charge is 2.09. The van der Waals surface area contributed by atoms with Gasteiger partial charge < -0.3 is 0 Å². The van der Waals surface area contributed by atoms with Crippen LogP contribution in [0.15, 0.2) is 60.7 Å². The van der Waals surface area contributed by atoms with Crippen molar-refractivity contribution in [2.24, 2.45) is 0 Å². The van der Waals surface area contributed by atoms with Gasteiger partial charge in [-0.2, -0.15) is 0 Å². The van der Waals surface area contributed by atoms with Gasteiger partial charge in [0.05, 0.1) is 0 Å². The maximum Gasteiger partial charge on any atom is 0.151 e. The Hall–Kier alpha value is -3.00. The summed E-state index contributed by atoms with van der Waals surface area (Å²) in [7, 11) is 0. The molecule has 0 saturated heterocycles. The van der Waals surface area contributed by atoms with Crippen LogP contribution in [0, 0.1) is 0 Å². The van der Waals surface area contributed by atoms with Crippen molar-refractivity contribution >= 4 is 44.9 Å². The Balaban J connectivity index is 2.26. The molecule has 0 fully saturated rings. The predicted molar refractivity (Wildman–Crippen MR) is 89.7 cm³/mol. The molecule has 0 aromatic heterocycles. The van der Waals surface area contributed by atoms with E-state index in [4.69, 9.17) is 0 Å². The van der Waals surface area contributed by atoms with E-state index in [2.05, 4.69) is 6.07 Å². The van der Waals surface area contributed by atoms with E-state index in [1.807, 2.05) is 48.5 Å². The molecule has 4 aromatic rings. The summed E-state index contributed by atoms with van der Waals surface area (Å²) in [6, 6.07) is 19.6. The maximum atomic E-state index is 11.7. The van der Waals surface area contributed by atoms with E-state index in [0.717, 1.165) is 44.9 Å². The van der Waals surface area contributed by atoms with Crippen LogP contribution in [-0.2, 0) is 0 Å². The van der Waals surface area contributed by atoms with Gasteiger partial charge in [0, 0.05) is 11.1 Å². The Bertz CT molecular complexity index is 1060. The van der Waals surface area contributed by atoms with Gasteiger partial charge in [0.25, 0.3) is 0 Å². The van der Waals surface area contributed by atoms with Crippen LogP contribution in [0.25, 0.3) is 32.3 Å². The Morgan fingerprint density at radius 3 is 2.09 bits per heavy atom. The molecule has 0 heterocycles. The van der Waals surface area contributed by atoms with Crippen LogP contribution < -0.4 is 0 Å². The van der Waals surface area contributed by atoms with Gasteiger partial charge in [-0.1, -0.05) is 42.5 Å². The topological polar surface area (TPSA) is 34.1 Å². The fraction of sp³-hybridized carbons (Fsp3) is 0. The Kier molecular flexibility index (Phi) is 2.76. The van der Waals surface area contributed by atoms with Crippen molar-refractivity contribution in [2.75, 3.05) is 0 Å². The van der Waals surface area contributed by atoms with Crippen molar-refractivity contribution in [3.63, 3.8) is 0 Å². The first-order valence-electron chi connectivity index (χ1n) is 7.10. The SMILES string of the molecule is O=Cc1cccc2cc3cc4ccccc4c(C=O)c3cc12. The third-order valence-electron chi connectivity index (χ3n) is 4.18. The monoisotopic (exact) mass is 284 g/mol. The molecule has 0 unspecified atom stereocenters. The highest BCUT2D eigenvalue weighted by Crippen LogP contribution is 2.31. The summed E-state index contributed by atoms with van der Waals surface area (Å²) in [6.45, 7) is 0. The number of hydrogen-bond donors (Lipinski definition) is 0. The van der Waals surface area contributed by atoms with E-state index in [9.17, 15) is 9.59 Å². The molecule has 0 bridgehead atoms. The van der Waals surface area contributed by atoms with Gasteiger partial charge in [0.2, 0.25) is 0 Å². The zero-order chi connectivity index (χ0) is 15.1.